The first-order valence-corrected chi connectivity index (χ1v) is 10.8. The number of benzene rings is 3. The lowest BCUT2D eigenvalue weighted by molar-refractivity contribution is 0.0940. The van der Waals surface area contributed by atoms with Crippen LogP contribution < -0.4 is 5.32 Å². The average molecular weight is 410 g/mol. The monoisotopic (exact) mass is 409 g/mol. The Labute approximate surface area is 176 Å². The highest BCUT2D eigenvalue weighted by Crippen LogP contribution is 2.24. The first-order chi connectivity index (χ1) is 13.5. The van der Waals surface area contributed by atoms with Crippen LogP contribution in [0.25, 0.3) is 0 Å². The van der Waals surface area contributed by atoms with Crippen molar-refractivity contribution in [3.8, 4) is 0 Å². The lowest BCUT2D eigenvalue weighted by Crippen LogP contribution is -2.26. The van der Waals surface area contributed by atoms with Crippen LogP contribution in [0.15, 0.2) is 77.7 Å². The van der Waals surface area contributed by atoms with E-state index in [-0.39, 0.29) is 11.9 Å². The Morgan fingerprint density at radius 2 is 1.54 bits per heavy atom. The van der Waals surface area contributed by atoms with Crippen molar-refractivity contribution in [1.82, 2.24) is 5.32 Å². The van der Waals surface area contributed by atoms with Gasteiger partial charge in [-0.1, -0.05) is 54.9 Å². The number of thioether (sulfide) groups is 1. The van der Waals surface area contributed by atoms with Gasteiger partial charge in [-0.25, -0.2) is 0 Å². The lowest BCUT2D eigenvalue weighted by Gasteiger charge is -2.15. The SMILES string of the molecule is CCc1ccc(C(C)NC(=O)c2ccc(CSc3ccc(Cl)cc3)cc2)cc1. The second-order valence-electron chi connectivity index (χ2n) is 6.73. The summed E-state index contributed by atoms with van der Waals surface area (Å²) in [5.74, 6) is 0.799. The summed E-state index contributed by atoms with van der Waals surface area (Å²) in [6.07, 6.45) is 1.02. The number of hydrogen-bond donors (Lipinski definition) is 1. The average Bonchev–Trinajstić information content (AvgIpc) is 2.73. The van der Waals surface area contributed by atoms with E-state index in [0.717, 1.165) is 22.8 Å². The number of rotatable bonds is 7. The molecule has 144 valence electrons. The third-order valence-corrected chi connectivity index (χ3v) is 6.01. The number of carbonyl (C=O) groups is 1. The molecule has 0 aliphatic rings. The zero-order valence-corrected chi connectivity index (χ0v) is 17.7. The number of hydrogen-bond acceptors (Lipinski definition) is 2. The number of amides is 1. The lowest BCUT2D eigenvalue weighted by atomic mass is 10.0. The molecule has 0 bridgehead atoms. The van der Waals surface area contributed by atoms with Gasteiger partial charge in [0.2, 0.25) is 0 Å². The summed E-state index contributed by atoms with van der Waals surface area (Å²) >= 11 is 7.67. The molecular weight excluding hydrogens is 386 g/mol. The van der Waals surface area contributed by atoms with Gasteiger partial charge in [0.1, 0.15) is 0 Å². The van der Waals surface area contributed by atoms with Crippen LogP contribution in [0.3, 0.4) is 0 Å². The molecule has 28 heavy (non-hydrogen) atoms. The van der Waals surface area contributed by atoms with Crippen LogP contribution in [0.2, 0.25) is 5.02 Å². The molecule has 0 aromatic heterocycles. The maximum atomic E-state index is 12.5. The van der Waals surface area contributed by atoms with Gasteiger partial charge < -0.3 is 5.32 Å². The van der Waals surface area contributed by atoms with E-state index in [2.05, 4.69) is 36.5 Å². The number of nitrogens with one attached hydrogen (secondary N) is 1. The molecule has 1 amide bonds. The molecule has 3 aromatic carbocycles. The predicted octanol–water partition coefficient (Wildman–Crippen LogP) is 6.69. The maximum Gasteiger partial charge on any atom is 0.251 e. The molecule has 0 saturated carbocycles. The zero-order valence-electron chi connectivity index (χ0n) is 16.1. The van der Waals surface area contributed by atoms with Gasteiger partial charge in [-0.05, 0) is 66.4 Å². The van der Waals surface area contributed by atoms with Crippen LogP contribution >= 0.6 is 23.4 Å². The summed E-state index contributed by atoms with van der Waals surface area (Å²) in [4.78, 5) is 13.7. The molecule has 3 rings (SSSR count). The summed E-state index contributed by atoms with van der Waals surface area (Å²) in [6.45, 7) is 4.15. The van der Waals surface area contributed by atoms with Crippen molar-refractivity contribution < 1.29 is 4.79 Å². The topological polar surface area (TPSA) is 29.1 Å². The molecule has 0 aliphatic carbocycles. The predicted molar refractivity (Wildman–Crippen MR) is 119 cm³/mol. The van der Waals surface area contributed by atoms with Crippen LogP contribution in [0.5, 0.6) is 0 Å². The molecule has 0 heterocycles. The molecule has 0 saturated heterocycles. The fourth-order valence-corrected chi connectivity index (χ4v) is 3.84. The van der Waals surface area contributed by atoms with E-state index in [1.54, 1.807) is 11.8 Å². The Hall–Kier alpha value is -2.23. The fourth-order valence-electron chi connectivity index (χ4n) is 2.86. The van der Waals surface area contributed by atoms with Crippen molar-refractivity contribution in [3.63, 3.8) is 0 Å². The van der Waals surface area contributed by atoms with E-state index >= 15 is 0 Å². The highest BCUT2D eigenvalue weighted by Gasteiger charge is 2.11. The Balaban J connectivity index is 1.55. The van der Waals surface area contributed by atoms with Crippen LogP contribution in [-0.2, 0) is 12.2 Å². The van der Waals surface area contributed by atoms with E-state index in [4.69, 9.17) is 11.6 Å². The molecule has 4 heteroatoms. The second-order valence-corrected chi connectivity index (χ2v) is 8.21. The van der Waals surface area contributed by atoms with Gasteiger partial charge in [0.15, 0.2) is 0 Å². The quantitative estimate of drug-likeness (QED) is 0.440. The Bertz CT molecular complexity index is 905. The molecule has 0 fully saturated rings. The van der Waals surface area contributed by atoms with E-state index in [9.17, 15) is 4.79 Å². The van der Waals surface area contributed by atoms with E-state index in [1.807, 2.05) is 55.5 Å². The molecular formula is C24H24ClNOS. The van der Waals surface area contributed by atoms with Crippen LogP contribution in [0, 0.1) is 0 Å². The molecule has 3 aromatic rings. The van der Waals surface area contributed by atoms with E-state index in [1.165, 1.54) is 16.0 Å². The van der Waals surface area contributed by atoms with E-state index < -0.39 is 0 Å². The summed E-state index contributed by atoms with van der Waals surface area (Å²) in [7, 11) is 0. The summed E-state index contributed by atoms with van der Waals surface area (Å²) in [5.41, 5.74) is 4.27. The van der Waals surface area contributed by atoms with E-state index in [0.29, 0.717) is 5.56 Å². The number of aryl methyl sites for hydroxylation is 1. The standard InChI is InChI=1S/C24H24ClNOS/c1-3-18-4-8-20(9-5-18)17(2)26-24(27)21-10-6-19(7-11-21)16-28-23-14-12-22(25)13-15-23/h4-15,17H,3,16H2,1-2H3,(H,26,27). The van der Waals surface area contributed by atoms with Crippen LogP contribution in [0.1, 0.15) is 46.9 Å². The molecule has 0 radical (unpaired) electrons. The molecule has 0 spiro atoms. The van der Waals surface area contributed by atoms with Crippen LogP contribution in [-0.4, -0.2) is 5.91 Å². The summed E-state index contributed by atoms with van der Waals surface area (Å²) < 4.78 is 0. The molecule has 1 atom stereocenters. The zero-order chi connectivity index (χ0) is 19.9. The summed E-state index contributed by atoms with van der Waals surface area (Å²) in [5, 5.41) is 3.82. The molecule has 0 aliphatic heterocycles. The number of carbonyl (C=O) groups excluding carboxylic acids is 1. The minimum absolute atomic E-state index is 0.0291. The van der Waals surface area contributed by atoms with Gasteiger partial charge in [-0.15, -0.1) is 11.8 Å². The Morgan fingerprint density at radius 1 is 0.929 bits per heavy atom. The minimum atomic E-state index is -0.0519. The van der Waals surface area contributed by atoms with Crippen molar-refractivity contribution in [2.45, 2.75) is 37.0 Å². The minimum Gasteiger partial charge on any atom is -0.346 e. The van der Waals surface area contributed by atoms with Crippen molar-refractivity contribution in [1.29, 1.82) is 0 Å². The van der Waals surface area contributed by atoms with Crippen molar-refractivity contribution >= 4 is 29.3 Å². The Kier molecular flexibility index (Phi) is 7.18. The molecule has 1 N–H and O–H groups in total. The van der Waals surface area contributed by atoms with Crippen LogP contribution in [0.4, 0.5) is 0 Å². The molecule has 2 nitrogen and oxygen atoms in total. The molecule has 1 unspecified atom stereocenters. The van der Waals surface area contributed by atoms with Gasteiger partial charge in [0.25, 0.3) is 5.91 Å². The van der Waals surface area contributed by atoms with Crippen molar-refractivity contribution in [2.24, 2.45) is 0 Å². The third-order valence-electron chi connectivity index (χ3n) is 4.67. The van der Waals surface area contributed by atoms with Gasteiger partial charge in [-0.3, -0.25) is 4.79 Å². The number of halogens is 1. The second kappa shape index (κ2) is 9.81. The van der Waals surface area contributed by atoms with Gasteiger partial charge >= 0.3 is 0 Å². The normalized spacial score (nSPS) is 11.8. The summed E-state index contributed by atoms with van der Waals surface area (Å²) in [6, 6.07) is 24.0. The van der Waals surface area contributed by atoms with Crippen molar-refractivity contribution in [2.75, 3.05) is 0 Å². The first kappa shape index (κ1) is 20.5. The fraction of sp³-hybridized carbons (Fsp3) is 0.208. The van der Waals surface area contributed by atoms with Gasteiger partial charge in [0.05, 0.1) is 6.04 Å². The first-order valence-electron chi connectivity index (χ1n) is 9.42. The van der Waals surface area contributed by atoms with Gasteiger partial charge in [0, 0.05) is 21.2 Å². The third kappa shape index (κ3) is 5.63. The maximum absolute atomic E-state index is 12.5. The van der Waals surface area contributed by atoms with Gasteiger partial charge in [-0.2, -0.15) is 0 Å². The van der Waals surface area contributed by atoms with Crippen molar-refractivity contribution in [3.05, 3.63) is 100 Å². The largest absolute Gasteiger partial charge is 0.346 e. The highest BCUT2D eigenvalue weighted by atomic mass is 35.5. The smallest absolute Gasteiger partial charge is 0.251 e. The Morgan fingerprint density at radius 3 is 2.14 bits per heavy atom. The highest BCUT2D eigenvalue weighted by molar-refractivity contribution is 7.98.